The maximum absolute atomic E-state index is 10.7. The van der Waals surface area contributed by atoms with Crippen LogP contribution in [0.15, 0.2) is 0 Å². The summed E-state index contributed by atoms with van der Waals surface area (Å²) >= 11 is 0. The van der Waals surface area contributed by atoms with Gasteiger partial charge in [-0.3, -0.25) is 0 Å². The molecule has 2 aliphatic heterocycles. The highest BCUT2D eigenvalue weighted by atomic mass is 16.7. The van der Waals surface area contributed by atoms with Crippen LogP contribution in [-0.2, 0) is 14.2 Å². The second kappa shape index (κ2) is 10.2. The number of aliphatic hydroxyl groups is 9. The van der Waals surface area contributed by atoms with Gasteiger partial charge in [-0.05, 0) is 25.2 Å². The van der Waals surface area contributed by atoms with E-state index in [1.165, 1.54) is 0 Å². The van der Waals surface area contributed by atoms with E-state index in [-0.39, 0.29) is 31.6 Å². The Kier molecular flexibility index (Phi) is 7.95. The Bertz CT molecular complexity index is 639. The fourth-order valence-electron chi connectivity index (χ4n) is 5.82. The fourth-order valence-corrected chi connectivity index (χ4v) is 5.82. The van der Waals surface area contributed by atoms with Gasteiger partial charge in [0.15, 0.2) is 6.29 Å². The van der Waals surface area contributed by atoms with Gasteiger partial charge in [-0.2, -0.15) is 0 Å². The fraction of sp³-hybridized carbons (Fsp3) is 1.00. The van der Waals surface area contributed by atoms with Crippen molar-refractivity contribution >= 4 is 0 Å². The molecular formula is C21H36O12. The topological polar surface area (TPSA) is 210 Å². The maximum Gasteiger partial charge on any atom is 0.186 e. The van der Waals surface area contributed by atoms with E-state index in [9.17, 15) is 46.0 Å². The molecule has 0 aromatic carbocycles. The summed E-state index contributed by atoms with van der Waals surface area (Å²) < 4.78 is 17.3. The third-order valence-electron chi connectivity index (χ3n) is 7.71. The molecule has 0 bridgehead atoms. The van der Waals surface area contributed by atoms with E-state index >= 15 is 0 Å². The van der Waals surface area contributed by atoms with Crippen LogP contribution in [0.3, 0.4) is 0 Å². The lowest BCUT2D eigenvalue weighted by Gasteiger charge is -2.50. The monoisotopic (exact) mass is 480 g/mol. The molecule has 2 aliphatic carbocycles. The van der Waals surface area contributed by atoms with Gasteiger partial charge in [-0.15, -0.1) is 0 Å². The van der Waals surface area contributed by atoms with Crippen molar-refractivity contribution in [2.45, 2.75) is 112 Å². The van der Waals surface area contributed by atoms with Gasteiger partial charge in [-0.25, -0.2) is 0 Å². The predicted molar refractivity (Wildman–Crippen MR) is 107 cm³/mol. The number of hydrogen-bond donors (Lipinski definition) is 9. The van der Waals surface area contributed by atoms with Crippen molar-refractivity contribution in [3.05, 3.63) is 0 Å². The summed E-state index contributed by atoms with van der Waals surface area (Å²) in [5, 5.41) is 90.7. The molecule has 12 heteroatoms. The van der Waals surface area contributed by atoms with Crippen LogP contribution < -0.4 is 0 Å². The van der Waals surface area contributed by atoms with Crippen molar-refractivity contribution in [1.82, 2.24) is 0 Å². The summed E-state index contributed by atoms with van der Waals surface area (Å²) in [6, 6.07) is 0. The molecule has 9 N–H and O–H groups in total. The van der Waals surface area contributed by atoms with E-state index < -0.39 is 92.1 Å². The molecule has 0 aromatic heterocycles. The van der Waals surface area contributed by atoms with Crippen molar-refractivity contribution in [2.24, 2.45) is 11.8 Å². The third kappa shape index (κ3) is 5.08. The zero-order valence-electron chi connectivity index (χ0n) is 18.2. The van der Waals surface area contributed by atoms with Gasteiger partial charge in [0, 0.05) is 18.8 Å². The van der Waals surface area contributed by atoms with Gasteiger partial charge in [0.05, 0.1) is 49.3 Å². The number of aliphatic hydroxyl groups excluding tert-OH is 9. The molecule has 13 atom stereocenters. The van der Waals surface area contributed by atoms with Crippen LogP contribution in [0.25, 0.3) is 0 Å². The lowest BCUT2D eigenvalue weighted by molar-refractivity contribution is -0.320. The van der Waals surface area contributed by atoms with Crippen molar-refractivity contribution in [2.75, 3.05) is 6.61 Å². The molecular weight excluding hydrogens is 444 g/mol. The minimum atomic E-state index is -1.58. The molecule has 0 amide bonds. The van der Waals surface area contributed by atoms with E-state index in [0.29, 0.717) is 6.42 Å². The Morgan fingerprint density at radius 3 is 1.94 bits per heavy atom. The Morgan fingerprint density at radius 2 is 1.30 bits per heavy atom. The lowest BCUT2D eigenvalue weighted by Crippen LogP contribution is -2.61. The molecule has 192 valence electrons. The molecule has 4 aliphatic rings. The van der Waals surface area contributed by atoms with Gasteiger partial charge in [0.1, 0.15) is 30.5 Å². The van der Waals surface area contributed by atoms with Crippen molar-refractivity contribution in [3.8, 4) is 0 Å². The van der Waals surface area contributed by atoms with Crippen LogP contribution in [0.2, 0.25) is 0 Å². The average Bonchev–Trinajstić information content (AvgIpc) is 2.77. The van der Waals surface area contributed by atoms with E-state index in [1.54, 1.807) is 0 Å². The predicted octanol–water partition coefficient (Wildman–Crippen LogP) is -4.05. The Morgan fingerprint density at radius 1 is 0.636 bits per heavy atom. The van der Waals surface area contributed by atoms with Crippen LogP contribution in [0.5, 0.6) is 0 Å². The average molecular weight is 481 g/mol. The highest BCUT2D eigenvalue weighted by Crippen LogP contribution is 2.42. The van der Waals surface area contributed by atoms with Crippen LogP contribution in [0.4, 0.5) is 0 Å². The van der Waals surface area contributed by atoms with E-state index in [1.807, 2.05) is 0 Å². The summed E-state index contributed by atoms with van der Waals surface area (Å²) in [4.78, 5) is 0. The highest BCUT2D eigenvalue weighted by Gasteiger charge is 2.51. The molecule has 13 unspecified atom stereocenters. The van der Waals surface area contributed by atoms with Gasteiger partial charge >= 0.3 is 0 Å². The zero-order chi connectivity index (χ0) is 24.0. The van der Waals surface area contributed by atoms with Gasteiger partial charge < -0.3 is 60.2 Å². The Labute approximate surface area is 191 Å². The summed E-state index contributed by atoms with van der Waals surface area (Å²) in [5.41, 5.74) is 0. The Hall–Kier alpha value is -0.480. The molecule has 0 spiro atoms. The molecule has 33 heavy (non-hydrogen) atoms. The van der Waals surface area contributed by atoms with Crippen molar-refractivity contribution in [1.29, 1.82) is 0 Å². The van der Waals surface area contributed by atoms with Crippen LogP contribution in [-0.4, -0.2) is 132 Å². The van der Waals surface area contributed by atoms with E-state index in [4.69, 9.17) is 14.2 Å². The second-order valence-corrected chi connectivity index (χ2v) is 9.96. The first kappa shape index (κ1) is 25.6. The van der Waals surface area contributed by atoms with E-state index in [0.717, 1.165) is 0 Å². The minimum absolute atomic E-state index is 0.157. The number of ether oxygens (including phenoxy) is 3. The van der Waals surface area contributed by atoms with Gasteiger partial charge in [0.25, 0.3) is 0 Å². The lowest BCUT2D eigenvalue weighted by atomic mass is 9.72. The van der Waals surface area contributed by atoms with Crippen molar-refractivity contribution in [3.63, 3.8) is 0 Å². The maximum atomic E-state index is 10.7. The van der Waals surface area contributed by atoms with Gasteiger partial charge in [-0.1, -0.05) is 0 Å². The molecule has 2 saturated heterocycles. The summed E-state index contributed by atoms with van der Waals surface area (Å²) in [6.07, 6.45) is -13.2. The normalized spacial score (nSPS) is 55.7. The van der Waals surface area contributed by atoms with Crippen LogP contribution in [0, 0.1) is 11.8 Å². The summed E-state index contributed by atoms with van der Waals surface area (Å²) in [6.45, 7) is -0.584. The van der Waals surface area contributed by atoms with Crippen molar-refractivity contribution < 1.29 is 60.2 Å². The molecule has 12 nitrogen and oxygen atoms in total. The molecule has 0 aromatic rings. The first-order valence-corrected chi connectivity index (χ1v) is 11.6. The van der Waals surface area contributed by atoms with E-state index in [2.05, 4.69) is 0 Å². The SMILES string of the molecule is OCC1OC(OC2CC(O)C3CC(O)C(C4CC(O)C(O)C(O)C4)OC3C2)C(O)C(O)C1O. The molecule has 4 rings (SSSR count). The standard InChI is InChI=1S/C21H36O12/c22-6-15-17(28)18(29)19(30)21(33-15)31-8-3-10(23)9-5-13(26)20(32-14(9)4-8)7-1-11(24)16(27)12(25)2-7/h7-30H,1-6H2. The molecule has 4 fully saturated rings. The van der Waals surface area contributed by atoms with Crippen LogP contribution >= 0.6 is 0 Å². The minimum Gasteiger partial charge on any atom is -0.394 e. The number of rotatable bonds is 4. The largest absolute Gasteiger partial charge is 0.394 e. The van der Waals surface area contributed by atoms with Crippen LogP contribution in [0.1, 0.15) is 32.1 Å². The number of fused-ring (bicyclic) bond motifs is 1. The first-order valence-electron chi connectivity index (χ1n) is 11.6. The zero-order valence-corrected chi connectivity index (χ0v) is 18.2. The quantitative estimate of drug-likeness (QED) is 0.188. The summed E-state index contributed by atoms with van der Waals surface area (Å²) in [5.74, 6) is -0.756. The molecule has 0 radical (unpaired) electrons. The molecule has 2 saturated carbocycles. The number of hydrogen-bond acceptors (Lipinski definition) is 12. The first-order chi connectivity index (χ1) is 15.6. The third-order valence-corrected chi connectivity index (χ3v) is 7.71. The molecule has 2 heterocycles. The summed E-state index contributed by atoms with van der Waals surface area (Å²) in [7, 11) is 0. The Balaban J connectivity index is 1.41. The highest BCUT2D eigenvalue weighted by molar-refractivity contribution is 4.99. The second-order valence-electron chi connectivity index (χ2n) is 9.96. The van der Waals surface area contributed by atoms with Gasteiger partial charge in [0.2, 0.25) is 0 Å². The smallest absolute Gasteiger partial charge is 0.186 e.